The van der Waals surface area contributed by atoms with Crippen LogP contribution in [0.4, 0.5) is 0 Å². The molecular formula is C13H26N2O. The number of likely N-dealkylation sites (tertiary alicyclic amines) is 1. The van der Waals surface area contributed by atoms with Crippen LogP contribution in [0.5, 0.6) is 0 Å². The van der Waals surface area contributed by atoms with Gasteiger partial charge in [-0.3, -0.25) is 9.69 Å². The van der Waals surface area contributed by atoms with E-state index in [-0.39, 0.29) is 5.91 Å². The van der Waals surface area contributed by atoms with Crippen molar-refractivity contribution in [3.05, 3.63) is 0 Å². The molecule has 94 valence electrons. The molecule has 0 bridgehead atoms. The van der Waals surface area contributed by atoms with Crippen LogP contribution in [0.2, 0.25) is 0 Å². The van der Waals surface area contributed by atoms with Gasteiger partial charge in [-0.2, -0.15) is 0 Å². The minimum Gasteiger partial charge on any atom is -0.355 e. The third-order valence-electron chi connectivity index (χ3n) is 3.42. The molecule has 1 fully saturated rings. The van der Waals surface area contributed by atoms with E-state index in [0.29, 0.717) is 6.42 Å². The van der Waals surface area contributed by atoms with E-state index in [1.165, 1.54) is 32.2 Å². The lowest BCUT2D eigenvalue weighted by Crippen LogP contribution is -2.43. The van der Waals surface area contributed by atoms with Crippen molar-refractivity contribution in [1.82, 2.24) is 10.2 Å². The van der Waals surface area contributed by atoms with E-state index in [0.717, 1.165) is 25.6 Å². The monoisotopic (exact) mass is 226 g/mol. The molecule has 0 aliphatic carbocycles. The molecule has 3 heteroatoms. The Balaban J connectivity index is 2.17. The highest BCUT2D eigenvalue weighted by molar-refractivity contribution is 5.75. The molecule has 1 unspecified atom stereocenters. The molecule has 0 aromatic carbocycles. The zero-order valence-electron chi connectivity index (χ0n) is 10.8. The number of amides is 1. The molecule has 1 aliphatic rings. The van der Waals surface area contributed by atoms with Gasteiger partial charge in [0, 0.05) is 25.6 Å². The minimum absolute atomic E-state index is 0.201. The lowest BCUT2D eigenvalue weighted by molar-refractivity contribution is -0.121. The predicted molar refractivity (Wildman–Crippen MR) is 67.4 cm³/mol. The van der Waals surface area contributed by atoms with Crippen LogP contribution in [0.25, 0.3) is 0 Å². The Morgan fingerprint density at radius 3 is 2.88 bits per heavy atom. The third kappa shape index (κ3) is 4.52. The van der Waals surface area contributed by atoms with Crippen molar-refractivity contribution in [2.75, 3.05) is 19.6 Å². The number of nitrogens with zero attached hydrogens (tertiary/aromatic N) is 1. The second-order valence-electron chi connectivity index (χ2n) is 4.69. The Hall–Kier alpha value is -0.570. The van der Waals surface area contributed by atoms with Gasteiger partial charge in [0.2, 0.25) is 5.91 Å². The molecule has 1 atom stereocenters. The molecule has 1 aliphatic heterocycles. The average molecular weight is 226 g/mol. The predicted octanol–water partition coefficient (Wildman–Crippen LogP) is 2.17. The van der Waals surface area contributed by atoms with Gasteiger partial charge >= 0.3 is 0 Å². The van der Waals surface area contributed by atoms with E-state index in [9.17, 15) is 4.79 Å². The van der Waals surface area contributed by atoms with Crippen molar-refractivity contribution < 1.29 is 4.79 Å². The summed E-state index contributed by atoms with van der Waals surface area (Å²) in [5.41, 5.74) is 0. The van der Waals surface area contributed by atoms with Gasteiger partial charge in [0.25, 0.3) is 0 Å². The molecule has 0 spiro atoms. The summed E-state index contributed by atoms with van der Waals surface area (Å²) in [6.45, 7) is 7.35. The van der Waals surface area contributed by atoms with Crippen molar-refractivity contribution >= 4 is 5.91 Å². The fraction of sp³-hybridized carbons (Fsp3) is 0.923. The fourth-order valence-electron chi connectivity index (χ4n) is 2.47. The van der Waals surface area contributed by atoms with Gasteiger partial charge in [0.05, 0.1) is 0 Å². The van der Waals surface area contributed by atoms with E-state index in [1.54, 1.807) is 0 Å². The number of hydrogen-bond acceptors (Lipinski definition) is 2. The van der Waals surface area contributed by atoms with Crippen LogP contribution in [0.15, 0.2) is 0 Å². The first-order valence-corrected chi connectivity index (χ1v) is 6.78. The quantitative estimate of drug-likeness (QED) is 0.753. The summed E-state index contributed by atoms with van der Waals surface area (Å²) in [6, 6.07) is 0.747. The smallest absolute Gasteiger partial charge is 0.220 e. The zero-order chi connectivity index (χ0) is 11.8. The van der Waals surface area contributed by atoms with Crippen molar-refractivity contribution in [2.45, 2.75) is 58.4 Å². The van der Waals surface area contributed by atoms with E-state index in [1.807, 2.05) is 6.92 Å². The van der Waals surface area contributed by atoms with E-state index in [4.69, 9.17) is 0 Å². The number of piperidine rings is 1. The van der Waals surface area contributed by atoms with Gasteiger partial charge in [-0.1, -0.05) is 20.3 Å². The maximum Gasteiger partial charge on any atom is 0.220 e. The number of carbonyl (C=O) groups excluding carboxylic acids is 1. The lowest BCUT2D eigenvalue weighted by Gasteiger charge is -2.35. The SMILES string of the molecule is CCCC(=O)NCCN1CCCCC1CC. The van der Waals surface area contributed by atoms with Crippen LogP contribution in [-0.2, 0) is 4.79 Å². The molecule has 1 rings (SSSR count). The number of rotatable bonds is 6. The van der Waals surface area contributed by atoms with Crippen LogP contribution < -0.4 is 5.32 Å². The van der Waals surface area contributed by atoms with Gasteiger partial charge in [0.1, 0.15) is 0 Å². The van der Waals surface area contributed by atoms with Gasteiger partial charge in [-0.15, -0.1) is 0 Å². The van der Waals surface area contributed by atoms with Crippen molar-refractivity contribution in [3.8, 4) is 0 Å². The first kappa shape index (κ1) is 13.5. The summed E-state index contributed by atoms with van der Waals surface area (Å²) in [6.07, 6.45) is 6.86. The third-order valence-corrected chi connectivity index (χ3v) is 3.42. The summed E-state index contributed by atoms with van der Waals surface area (Å²) in [4.78, 5) is 13.8. The van der Waals surface area contributed by atoms with E-state index >= 15 is 0 Å². The topological polar surface area (TPSA) is 32.3 Å². The van der Waals surface area contributed by atoms with Crippen molar-refractivity contribution in [3.63, 3.8) is 0 Å². The molecule has 0 aromatic heterocycles. The molecule has 3 nitrogen and oxygen atoms in total. The van der Waals surface area contributed by atoms with E-state index < -0.39 is 0 Å². The number of nitrogens with one attached hydrogen (secondary N) is 1. The Kier molecular flexibility index (Phi) is 6.46. The standard InChI is InChI=1S/C13H26N2O/c1-3-7-13(16)14-9-11-15-10-6-5-8-12(15)4-2/h12H,3-11H2,1-2H3,(H,14,16). The molecule has 1 heterocycles. The summed E-state index contributed by atoms with van der Waals surface area (Å²) < 4.78 is 0. The van der Waals surface area contributed by atoms with Crippen LogP contribution >= 0.6 is 0 Å². The normalized spacial score (nSPS) is 22.0. The van der Waals surface area contributed by atoms with Crippen molar-refractivity contribution in [2.24, 2.45) is 0 Å². The Morgan fingerprint density at radius 1 is 1.38 bits per heavy atom. The Labute approximate surface area is 99.6 Å². The summed E-state index contributed by atoms with van der Waals surface area (Å²) in [5, 5.41) is 2.99. The maximum atomic E-state index is 11.3. The molecule has 1 saturated heterocycles. The van der Waals surface area contributed by atoms with Gasteiger partial charge in [-0.25, -0.2) is 0 Å². The van der Waals surface area contributed by atoms with Crippen molar-refractivity contribution in [1.29, 1.82) is 0 Å². The number of hydrogen-bond donors (Lipinski definition) is 1. The van der Waals surface area contributed by atoms with Crippen LogP contribution in [-0.4, -0.2) is 36.5 Å². The molecule has 0 radical (unpaired) electrons. The van der Waals surface area contributed by atoms with Gasteiger partial charge < -0.3 is 5.32 Å². The first-order chi connectivity index (χ1) is 7.77. The lowest BCUT2D eigenvalue weighted by atomic mass is 10.0. The van der Waals surface area contributed by atoms with Gasteiger partial charge in [-0.05, 0) is 32.2 Å². The highest BCUT2D eigenvalue weighted by atomic mass is 16.1. The maximum absolute atomic E-state index is 11.3. The number of carbonyl (C=O) groups is 1. The van der Waals surface area contributed by atoms with Crippen LogP contribution in [0, 0.1) is 0 Å². The molecule has 1 N–H and O–H groups in total. The Morgan fingerprint density at radius 2 is 2.19 bits per heavy atom. The Bertz CT molecular complexity index is 206. The fourth-order valence-corrected chi connectivity index (χ4v) is 2.47. The second-order valence-corrected chi connectivity index (χ2v) is 4.69. The summed E-state index contributed by atoms with van der Waals surface area (Å²) >= 11 is 0. The van der Waals surface area contributed by atoms with Crippen LogP contribution in [0.3, 0.4) is 0 Å². The molecule has 16 heavy (non-hydrogen) atoms. The largest absolute Gasteiger partial charge is 0.355 e. The first-order valence-electron chi connectivity index (χ1n) is 6.78. The highest BCUT2D eigenvalue weighted by Gasteiger charge is 2.19. The zero-order valence-corrected chi connectivity index (χ0v) is 10.8. The highest BCUT2D eigenvalue weighted by Crippen LogP contribution is 2.18. The molecule has 0 saturated carbocycles. The van der Waals surface area contributed by atoms with Crippen LogP contribution in [0.1, 0.15) is 52.4 Å². The average Bonchev–Trinajstić information content (AvgIpc) is 2.30. The minimum atomic E-state index is 0.201. The van der Waals surface area contributed by atoms with E-state index in [2.05, 4.69) is 17.1 Å². The molecule has 0 aromatic rings. The summed E-state index contributed by atoms with van der Waals surface area (Å²) in [7, 11) is 0. The summed E-state index contributed by atoms with van der Waals surface area (Å²) in [5.74, 6) is 0.201. The second kappa shape index (κ2) is 7.66. The van der Waals surface area contributed by atoms with Gasteiger partial charge in [0.15, 0.2) is 0 Å². The molecule has 1 amide bonds. The molecular weight excluding hydrogens is 200 g/mol.